The minimum absolute atomic E-state index is 0.0351. The number of nitrogens with one attached hydrogen (secondary N) is 2. The van der Waals surface area contributed by atoms with Gasteiger partial charge in [0, 0.05) is 19.0 Å². The SMILES string of the molecule is O=C(NCc1ccccc1)C1CCC(Cn2c(=S)[nH]c3ccccc3c2=O)CC1. The van der Waals surface area contributed by atoms with Crippen LogP contribution in [0.4, 0.5) is 0 Å². The Hall–Kier alpha value is -2.73. The molecule has 0 saturated heterocycles. The average Bonchev–Trinajstić information content (AvgIpc) is 2.76. The van der Waals surface area contributed by atoms with E-state index >= 15 is 0 Å². The maximum Gasteiger partial charge on any atom is 0.262 e. The minimum Gasteiger partial charge on any atom is -0.352 e. The Labute approximate surface area is 174 Å². The van der Waals surface area contributed by atoms with Crippen LogP contribution in [0.25, 0.3) is 10.9 Å². The van der Waals surface area contributed by atoms with Gasteiger partial charge in [0.25, 0.3) is 5.56 Å². The summed E-state index contributed by atoms with van der Waals surface area (Å²) >= 11 is 5.42. The Morgan fingerprint density at radius 2 is 1.72 bits per heavy atom. The standard InChI is InChI=1S/C23H25N3O2S/c27-21(24-14-16-6-2-1-3-7-16)18-12-10-17(11-13-18)15-26-22(28)19-8-4-5-9-20(19)25-23(26)29/h1-9,17-18H,10-15H2,(H,24,27)(H,25,29). The van der Waals surface area contributed by atoms with Crippen LogP contribution in [0, 0.1) is 16.6 Å². The highest BCUT2D eigenvalue weighted by Crippen LogP contribution is 2.30. The molecule has 0 radical (unpaired) electrons. The first kappa shape index (κ1) is 19.6. The van der Waals surface area contributed by atoms with E-state index in [1.54, 1.807) is 4.57 Å². The molecule has 0 spiro atoms. The molecular formula is C23H25N3O2S. The zero-order valence-electron chi connectivity index (χ0n) is 16.3. The smallest absolute Gasteiger partial charge is 0.262 e. The Bertz CT molecular complexity index is 1110. The summed E-state index contributed by atoms with van der Waals surface area (Å²) in [4.78, 5) is 28.5. The fourth-order valence-electron chi connectivity index (χ4n) is 4.16. The lowest BCUT2D eigenvalue weighted by Crippen LogP contribution is -2.34. The Morgan fingerprint density at radius 3 is 2.48 bits per heavy atom. The Morgan fingerprint density at radius 1 is 1.03 bits per heavy atom. The Balaban J connectivity index is 1.36. The number of carbonyl (C=O) groups excluding carboxylic acids is 1. The van der Waals surface area contributed by atoms with Crippen molar-refractivity contribution < 1.29 is 4.79 Å². The normalized spacial score (nSPS) is 19.2. The van der Waals surface area contributed by atoms with Crippen LogP contribution in [0.3, 0.4) is 0 Å². The molecule has 1 aliphatic carbocycles. The van der Waals surface area contributed by atoms with E-state index in [4.69, 9.17) is 12.2 Å². The van der Waals surface area contributed by atoms with E-state index in [1.165, 1.54) is 0 Å². The number of H-pyrrole nitrogens is 1. The van der Waals surface area contributed by atoms with Crippen molar-refractivity contribution in [3.05, 3.63) is 75.3 Å². The van der Waals surface area contributed by atoms with Crippen LogP contribution in [0.15, 0.2) is 59.4 Å². The molecule has 2 N–H and O–H groups in total. The van der Waals surface area contributed by atoms with Gasteiger partial charge in [-0.25, -0.2) is 0 Å². The molecule has 1 aromatic heterocycles. The molecule has 4 rings (SSSR count). The zero-order chi connectivity index (χ0) is 20.2. The third-order valence-corrected chi connectivity index (χ3v) is 6.18. The Kier molecular flexibility index (Phi) is 5.90. The summed E-state index contributed by atoms with van der Waals surface area (Å²) in [6.45, 7) is 1.18. The van der Waals surface area contributed by atoms with E-state index in [0.29, 0.717) is 29.2 Å². The van der Waals surface area contributed by atoms with Gasteiger partial charge in [-0.15, -0.1) is 0 Å². The number of nitrogens with zero attached hydrogens (tertiary/aromatic N) is 1. The lowest BCUT2D eigenvalue weighted by molar-refractivity contribution is -0.126. The zero-order valence-corrected chi connectivity index (χ0v) is 17.1. The van der Waals surface area contributed by atoms with Crippen LogP contribution in [-0.4, -0.2) is 15.5 Å². The molecule has 6 heteroatoms. The van der Waals surface area contributed by atoms with Gasteiger partial charge in [-0.1, -0.05) is 42.5 Å². The van der Waals surface area contributed by atoms with Crippen molar-refractivity contribution in [2.24, 2.45) is 11.8 Å². The third-order valence-electron chi connectivity index (χ3n) is 5.86. The number of amides is 1. The summed E-state index contributed by atoms with van der Waals surface area (Å²) in [7, 11) is 0. The van der Waals surface area contributed by atoms with Gasteiger partial charge in [-0.3, -0.25) is 14.2 Å². The number of hydrogen-bond donors (Lipinski definition) is 2. The van der Waals surface area contributed by atoms with Crippen LogP contribution >= 0.6 is 12.2 Å². The van der Waals surface area contributed by atoms with Gasteiger partial charge >= 0.3 is 0 Å². The molecule has 1 aliphatic rings. The molecule has 0 aliphatic heterocycles. The molecule has 150 valence electrons. The number of aromatic amines is 1. The predicted octanol–water partition coefficient (Wildman–Crippen LogP) is 4.18. The van der Waals surface area contributed by atoms with E-state index in [1.807, 2.05) is 54.6 Å². The van der Waals surface area contributed by atoms with Gasteiger partial charge < -0.3 is 10.3 Å². The van der Waals surface area contributed by atoms with Gasteiger partial charge in [-0.05, 0) is 61.5 Å². The van der Waals surface area contributed by atoms with E-state index in [2.05, 4.69) is 10.3 Å². The highest BCUT2D eigenvalue weighted by molar-refractivity contribution is 7.71. The van der Waals surface area contributed by atoms with Crippen LogP contribution in [-0.2, 0) is 17.9 Å². The second kappa shape index (κ2) is 8.74. The summed E-state index contributed by atoms with van der Waals surface area (Å²) in [5.41, 5.74) is 1.85. The molecule has 0 bridgehead atoms. The summed E-state index contributed by atoms with van der Waals surface area (Å²) in [6.07, 6.45) is 3.56. The molecular weight excluding hydrogens is 382 g/mol. The highest BCUT2D eigenvalue weighted by atomic mass is 32.1. The topological polar surface area (TPSA) is 66.9 Å². The molecule has 0 unspecified atom stereocenters. The van der Waals surface area contributed by atoms with Gasteiger partial charge in [0.1, 0.15) is 0 Å². The first-order valence-electron chi connectivity index (χ1n) is 10.2. The van der Waals surface area contributed by atoms with E-state index in [-0.39, 0.29) is 17.4 Å². The van der Waals surface area contributed by atoms with Gasteiger partial charge in [0.15, 0.2) is 4.77 Å². The van der Waals surface area contributed by atoms with Crippen LogP contribution in [0.2, 0.25) is 0 Å². The van der Waals surface area contributed by atoms with Gasteiger partial charge in [0.05, 0.1) is 10.9 Å². The van der Waals surface area contributed by atoms with Crippen molar-refractivity contribution >= 4 is 29.0 Å². The first-order chi connectivity index (χ1) is 14.1. The first-order valence-corrected chi connectivity index (χ1v) is 10.6. The lowest BCUT2D eigenvalue weighted by atomic mass is 9.81. The minimum atomic E-state index is -0.0351. The maximum absolute atomic E-state index is 12.8. The molecule has 29 heavy (non-hydrogen) atoms. The van der Waals surface area contributed by atoms with Gasteiger partial charge in [-0.2, -0.15) is 0 Å². The number of benzene rings is 2. The second-order valence-corrected chi connectivity index (χ2v) is 8.20. The maximum atomic E-state index is 12.8. The second-order valence-electron chi connectivity index (χ2n) is 7.81. The summed E-state index contributed by atoms with van der Waals surface area (Å²) in [5.74, 6) is 0.549. The summed E-state index contributed by atoms with van der Waals surface area (Å²) in [6, 6.07) is 17.4. The molecule has 3 aromatic rings. The molecule has 5 nitrogen and oxygen atoms in total. The number of carbonyl (C=O) groups is 1. The number of rotatable bonds is 5. The summed E-state index contributed by atoms with van der Waals surface area (Å²) < 4.78 is 2.15. The van der Waals surface area contributed by atoms with Crippen molar-refractivity contribution in [2.75, 3.05) is 0 Å². The van der Waals surface area contributed by atoms with Crippen LogP contribution in [0.1, 0.15) is 31.2 Å². The average molecular weight is 408 g/mol. The fourth-order valence-corrected chi connectivity index (χ4v) is 4.43. The van der Waals surface area contributed by atoms with E-state index in [0.717, 1.165) is 36.8 Å². The fraction of sp³-hybridized carbons (Fsp3) is 0.348. The number of hydrogen-bond acceptors (Lipinski definition) is 3. The quantitative estimate of drug-likeness (QED) is 0.624. The van der Waals surface area contributed by atoms with Crippen LogP contribution < -0.4 is 10.9 Å². The molecule has 1 fully saturated rings. The molecule has 1 saturated carbocycles. The van der Waals surface area contributed by atoms with E-state index in [9.17, 15) is 9.59 Å². The number of fused-ring (bicyclic) bond motifs is 1. The highest BCUT2D eigenvalue weighted by Gasteiger charge is 2.26. The monoisotopic (exact) mass is 407 g/mol. The van der Waals surface area contributed by atoms with Crippen molar-refractivity contribution in [3.63, 3.8) is 0 Å². The molecule has 2 aromatic carbocycles. The third kappa shape index (κ3) is 4.48. The number of para-hydroxylation sites is 1. The number of aromatic nitrogens is 2. The lowest BCUT2D eigenvalue weighted by Gasteiger charge is -2.28. The van der Waals surface area contributed by atoms with Crippen molar-refractivity contribution in [3.8, 4) is 0 Å². The largest absolute Gasteiger partial charge is 0.352 e. The molecule has 1 amide bonds. The van der Waals surface area contributed by atoms with Crippen molar-refractivity contribution in [2.45, 2.75) is 38.8 Å². The van der Waals surface area contributed by atoms with E-state index < -0.39 is 0 Å². The molecule has 1 heterocycles. The van der Waals surface area contributed by atoms with Crippen LogP contribution in [0.5, 0.6) is 0 Å². The van der Waals surface area contributed by atoms with Gasteiger partial charge in [0.2, 0.25) is 5.91 Å². The predicted molar refractivity (Wildman–Crippen MR) is 117 cm³/mol. The van der Waals surface area contributed by atoms with Crippen molar-refractivity contribution in [1.29, 1.82) is 0 Å². The summed E-state index contributed by atoms with van der Waals surface area (Å²) in [5, 5.41) is 3.72. The van der Waals surface area contributed by atoms with Crippen molar-refractivity contribution in [1.82, 2.24) is 14.9 Å². The molecule has 0 atom stereocenters.